The summed E-state index contributed by atoms with van der Waals surface area (Å²) in [5, 5.41) is 0. The van der Waals surface area contributed by atoms with Crippen LogP contribution in [-0.4, -0.2) is 20.4 Å². The predicted molar refractivity (Wildman–Crippen MR) is 70.6 cm³/mol. The van der Waals surface area contributed by atoms with Crippen molar-refractivity contribution in [1.29, 1.82) is 0 Å². The van der Waals surface area contributed by atoms with Crippen LogP contribution in [0, 0.1) is 5.82 Å². The Labute approximate surface area is 110 Å². The van der Waals surface area contributed by atoms with E-state index in [1.165, 1.54) is 31.6 Å². The number of aromatic nitrogens is 1. The van der Waals surface area contributed by atoms with E-state index in [2.05, 4.69) is 4.98 Å². The molecule has 0 spiro atoms. The minimum atomic E-state index is -4.06. The van der Waals surface area contributed by atoms with Crippen LogP contribution in [0.1, 0.15) is 0 Å². The molecule has 1 aromatic heterocycles. The fourth-order valence-corrected chi connectivity index (χ4v) is 2.95. The topological polar surface area (TPSA) is 76.3 Å². The van der Waals surface area contributed by atoms with Gasteiger partial charge in [0.15, 0.2) is 0 Å². The van der Waals surface area contributed by atoms with Gasteiger partial charge in [-0.2, -0.15) is 0 Å². The maximum atomic E-state index is 13.7. The highest BCUT2D eigenvalue weighted by Crippen LogP contribution is 2.27. The minimum Gasteiger partial charge on any atom is -0.398 e. The van der Waals surface area contributed by atoms with Crippen LogP contribution in [0.4, 0.5) is 15.8 Å². The van der Waals surface area contributed by atoms with E-state index in [9.17, 15) is 12.8 Å². The van der Waals surface area contributed by atoms with E-state index < -0.39 is 20.7 Å². The van der Waals surface area contributed by atoms with E-state index in [4.69, 9.17) is 5.73 Å². The second-order valence-electron chi connectivity index (χ2n) is 3.84. The first kappa shape index (κ1) is 13.3. The van der Waals surface area contributed by atoms with E-state index in [0.29, 0.717) is 5.69 Å². The molecule has 19 heavy (non-hydrogen) atoms. The third-order valence-electron chi connectivity index (χ3n) is 2.63. The molecule has 2 aromatic rings. The van der Waals surface area contributed by atoms with Gasteiger partial charge in [0.2, 0.25) is 0 Å². The van der Waals surface area contributed by atoms with Crippen LogP contribution >= 0.6 is 0 Å². The van der Waals surface area contributed by atoms with Crippen molar-refractivity contribution < 1.29 is 12.8 Å². The molecule has 0 atom stereocenters. The molecule has 0 saturated heterocycles. The monoisotopic (exact) mass is 281 g/mol. The van der Waals surface area contributed by atoms with Gasteiger partial charge in [-0.25, -0.2) is 12.8 Å². The molecule has 0 saturated carbocycles. The van der Waals surface area contributed by atoms with Crippen molar-refractivity contribution in [3.05, 3.63) is 48.5 Å². The number of sulfonamides is 1. The van der Waals surface area contributed by atoms with Crippen LogP contribution in [0.15, 0.2) is 47.6 Å². The molecule has 0 radical (unpaired) electrons. The van der Waals surface area contributed by atoms with Crippen LogP contribution in [0.2, 0.25) is 0 Å². The molecular weight excluding hydrogens is 269 g/mol. The molecule has 0 aliphatic rings. The first-order valence-corrected chi connectivity index (χ1v) is 6.81. The number of benzene rings is 1. The van der Waals surface area contributed by atoms with Crippen LogP contribution < -0.4 is 10.0 Å². The van der Waals surface area contributed by atoms with E-state index in [1.54, 1.807) is 12.1 Å². The van der Waals surface area contributed by atoms with E-state index in [-0.39, 0.29) is 5.69 Å². The van der Waals surface area contributed by atoms with Gasteiger partial charge in [0.05, 0.1) is 17.6 Å². The number of nitrogen functional groups attached to an aromatic ring is 1. The molecule has 2 N–H and O–H groups in total. The summed E-state index contributed by atoms with van der Waals surface area (Å²) >= 11 is 0. The highest BCUT2D eigenvalue weighted by atomic mass is 32.2. The zero-order valence-electron chi connectivity index (χ0n) is 10.1. The summed E-state index contributed by atoms with van der Waals surface area (Å²) in [6, 6.07) is 6.90. The van der Waals surface area contributed by atoms with Gasteiger partial charge >= 0.3 is 0 Å². The molecule has 1 heterocycles. The quantitative estimate of drug-likeness (QED) is 0.867. The molecule has 0 fully saturated rings. The number of nitrogens with zero attached hydrogens (tertiary/aromatic N) is 2. The number of hydrogen-bond acceptors (Lipinski definition) is 4. The fraction of sp³-hybridized carbons (Fsp3) is 0.0833. The molecule has 7 heteroatoms. The van der Waals surface area contributed by atoms with Crippen molar-refractivity contribution in [3.63, 3.8) is 0 Å². The Morgan fingerprint density at radius 2 is 2.00 bits per heavy atom. The average molecular weight is 281 g/mol. The number of halogens is 1. The van der Waals surface area contributed by atoms with Gasteiger partial charge in [-0.15, -0.1) is 0 Å². The summed E-state index contributed by atoms with van der Waals surface area (Å²) in [5.41, 5.74) is 5.76. The average Bonchev–Trinajstić information content (AvgIpc) is 2.38. The summed E-state index contributed by atoms with van der Waals surface area (Å²) in [6.07, 6.45) is 2.88. The minimum absolute atomic E-state index is 0.129. The number of anilines is 2. The summed E-state index contributed by atoms with van der Waals surface area (Å²) in [6.45, 7) is 0. The molecule has 0 bridgehead atoms. The summed E-state index contributed by atoms with van der Waals surface area (Å²) in [5.74, 6) is -0.879. The number of hydrogen-bond donors (Lipinski definition) is 1. The lowest BCUT2D eigenvalue weighted by Crippen LogP contribution is -2.28. The van der Waals surface area contributed by atoms with Crippen LogP contribution in [0.25, 0.3) is 0 Å². The van der Waals surface area contributed by atoms with Crippen molar-refractivity contribution in [2.24, 2.45) is 0 Å². The van der Waals surface area contributed by atoms with Crippen LogP contribution in [0.3, 0.4) is 0 Å². The van der Waals surface area contributed by atoms with Crippen molar-refractivity contribution >= 4 is 21.4 Å². The molecule has 1 aromatic carbocycles. The van der Waals surface area contributed by atoms with Gasteiger partial charge in [0.1, 0.15) is 10.7 Å². The van der Waals surface area contributed by atoms with Crippen molar-refractivity contribution in [3.8, 4) is 0 Å². The molecule has 0 unspecified atom stereocenters. The smallest absolute Gasteiger partial charge is 0.269 e. The number of pyridine rings is 1. The Balaban J connectivity index is 2.55. The Morgan fingerprint density at radius 1 is 1.26 bits per heavy atom. The normalized spacial score (nSPS) is 11.3. The highest BCUT2D eigenvalue weighted by molar-refractivity contribution is 7.93. The molecule has 2 rings (SSSR count). The maximum absolute atomic E-state index is 13.7. The van der Waals surface area contributed by atoms with Crippen molar-refractivity contribution in [2.45, 2.75) is 4.90 Å². The lowest BCUT2D eigenvalue weighted by atomic mass is 10.3. The standard InChI is InChI=1S/C12H12FN3O2S/c1-16(9-4-3-7-15-8-9)19(17,18)12-10(13)5-2-6-11(12)14/h2-8H,14H2,1H3. The van der Waals surface area contributed by atoms with E-state index in [1.807, 2.05) is 0 Å². The molecule has 5 nitrogen and oxygen atoms in total. The van der Waals surface area contributed by atoms with Gasteiger partial charge < -0.3 is 5.73 Å². The summed E-state index contributed by atoms with van der Waals surface area (Å²) in [7, 11) is -2.74. The Kier molecular flexibility index (Phi) is 3.39. The van der Waals surface area contributed by atoms with Gasteiger partial charge in [0.25, 0.3) is 10.0 Å². The molecule has 0 amide bonds. The summed E-state index contributed by atoms with van der Waals surface area (Å²) in [4.78, 5) is 3.30. The number of rotatable bonds is 3. The van der Waals surface area contributed by atoms with E-state index in [0.717, 1.165) is 10.4 Å². The molecule has 0 aliphatic heterocycles. The van der Waals surface area contributed by atoms with Gasteiger partial charge in [0, 0.05) is 13.2 Å². The molecule has 100 valence electrons. The second kappa shape index (κ2) is 4.85. The lowest BCUT2D eigenvalue weighted by molar-refractivity contribution is 0.567. The SMILES string of the molecule is CN(c1cccnc1)S(=O)(=O)c1c(N)cccc1F. The van der Waals surface area contributed by atoms with Crippen molar-refractivity contribution in [2.75, 3.05) is 17.1 Å². The second-order valence-corrected chi connectivity index (χ2v) is 5.75. The van der Waals surface area contributed by atoms with Gasteiger partial charge in [-0.1, -0.05) is 6.07 Å². The fourth-order valence-electron chi connectivity index (χ4n) is 1.61. The first-order chi connectivity index (χ1) is 8.94. The summed E-state index contributed by atoms with van der Waals surface area (Å²) < 4.78 is 39.4. The van der Waals surface area contributed by atoms with Gasteiger partial charge in [-0.3, -0.25) is 9.29 Å². The highest BCUT2D eigenvalue weighted by Gasteiger charge is 2.27. The van der Waals surface area contributed by atoms with Crippen LogP contribution in [-0.2, 0) is 10.0 Å². The molecular formula is C12H12FN3O2S. The maximum Gasteiger partial charge on any atom is 0.269 e. The number of nitrogens with two attached hydrogens (primary N) is 1. The zero-order valence-corrected chi connectivity index (χ0v) is 10.9. The lowest BCUT2D eigenvalue weighted by Gasteiger charge is -2.20. The van der Waals surface area contributed by atoms with Gasteiger partial charge in [-0.05, 0) is 24.3 Å². The largest absolute Gasteiger partial charge is 0.398 e. The first-order valence-electron chi connectivity index (χ1n) is 5.37. The third kappa shape index (κ3) is 2.37. The molecule has 0 aliphatic carbocycles. The van der Waals surface area contributed by atoms with E-state index >= 15 is 0 Å². The Morgan fingerprint density at radius 3 is 2.58 bits per heavy atom. The Bertz CT molecular complexity index is 669. The Hall–Kier alpha value is -2.15. The van der Waals surface area contributed by atoms with Crippen molar-refractivity contribution in [1.82, 2.24) is 4.98 Å². The predicted octanol–water partition coefficient (Wildman–Crippen LogP) is 1.63. The zero-order chi connectivity index (χ0) is 14.0. The third-order valence-corrected chi connectivity index (χ3v) is 4.50. The van der Waals surface area contributed by atoms with Crippen LogP contribution in [0.5, 0.6) is 0 Å².